The number of carbonyl (C=O) groups is 2. The number of methoxy groups -OCH3 is 1. The summed E-state index contributed by atoms with van der Waals surface area (Å²) in [6.07, 6.45) is -0.804. The fraction of sp³-hybridized carbons (Fsp3) is 0.429. The zero-order valence-corrected chi connectivity index (χ0v) is 11.3. The van der Waals surface area contributed by atoms with E-state index < -0.39 is 24.0 Å². The van der Waals surface area contributed by atoms with Crippen molar-refractivity contribution in [1.29, 1.82) is 0 Å². The Morgan fingerprint density at radius 2 is 1.79 bits per heavy atom. The fourth-order valence-electron chi connectivity index (χ4n) is 1.76. The van der Waals surface area contributed by atoms with Crippen molar-refractivity contribution in [1.82, 2.24) is 5.32 Å². The smallest absolute Gasteiger partial charge is 0.326 e. The van der Waals surface area contributed by atoms with Gasteiger partial charge in [0, 0.05) is 7.11 Å². The normalized spacial score (nSPS) is 13.9. The van der Waals surface area contributed by atoms with Gasteiger partial charge in [0.05, 0.1) is 0 Å². The summed E-state index contributed by atoms with van der Waals surface area (Å²) in [6.45, 7) is 3.48. The van der Waals surface area contributed by atoms with Gasteiger partial charge in [0.25, 0.3) is 5.91 Å². The number of ether oxygens (including phenoxy) is 1. The molecule has 0 fully saturated rings. The predicted octanol–water partition coefficient (Wildman–Crippen LogP) is 1.60. The molecule has 0 aliphatic heterocycles. The van der Waals surface area contributed by atoms with Gasteiger partial charge in [-0.1, -0.05) is 44.2 Å². The first-order valence-corrected chi connectivity index (χ1v) is 6.08. The van der Waals surface area contributed by atoms with Crippen molar-refractivity contribution < 1.29 is 19.4 Å². The first-order chi connectivity index (χ1) is 8.97. The third kappa shape index (κ3) is 4.06. The van der Waals surface area contributed by atoms with Crippen LogP contribution in [-0.2, 0) is 14.3 Å². The van der Waals surface area contributed by atoms with Gasteiger partial charge in [0.1, 0.15) is 6.04 Å². The molecule has 0 unspecified atom stereocenters. The number of hydrogen-bond donors (Lipinski definition) is 2. The molecule has 19 heavy (non-hydrogen) atoms. The van der Waals surface area contributed by atoms with Crippen LogP contribution in [0.25, 0.3) is 0 Å². The van der Waals surface area contributed by atoms with Crippen LogP contribution in [-0.4, -0.2) is 30.1 Å². The Kier molecular flexibility index (Phi) is 5.51. The predicted molar refractivity (Wildman–Crippen MR) is 70.6 cm³/mol. The third-order valence-electron chi connectivity index (χ3n) is 2.81. The molecular formula is C14H19NO4. The lowest BCUT2D eigenvalue weighted by Gasteiger charge is -2.21. The van der Waals surface area contributed by atoms with Crippen LogP contribution in [0.1, 0.15) is 25.5 Å². The Morgan fingerprint density at radius 3 is 2.21 bits per heavy atom. The highest BCUT2D eigenvalue weighted by Gasteiger charge is 2.28. The molecule has 0 aliphatic rings. The molecule has 0 bridgehead atoms. The highest BCUT2D eigenvalue weighted by atomic mass is 16.5. The minimum atomic E-state index is -1.05. The van der Waals surface area contributed by atoms with E-state index in [2.05, 4.69) is 5.32 Å². The van der Waals surface area contributed by atoms with Crippen molar-refractivity contribution in [2.75, 3.05) is 7.11 Å². The van der Waals surface area contributed by atoms with E-state index in [1.807, 2.05) is 6.07 Å². The molecule has 1 rings (SSSR count). The summed E-state index contributed by atoms with van der Waals surface area (Å²) < 4.78 is 5.15. The van der Waals surface area contributed by atoms with Crippen molar-refractivity contribution in [2.24, 2.45) is 5.92 Å². The third-order valence-corrected chi connectivity index (χ3v) is 2.81. The van der Waals surface area contributed by atoms with Crippen LogP contribution in [0.3, 0.4) is 0 Å². The van der Waals surface area contributed by atoms with Crippen molar-refractivity contribution in [3.63, 3.8) is 0 Å². The van der Waals surface area contributed by atoms with Gasteiger partial charge in [-0.25, -0.2) is 4.79 Å². The Hall–Kier alpha value is -1.88. The van der Waals surface area contributed by atoms with E-state index in [-0.39, 0.29) is 5.92 Å². The summed E-state index contributed by atoms with van der Waals surface area (Å²) in [5.74, 6) is -1.70. The molecule has 0 radical (unpaired) electrons. The summed E-state index contributed by atoms with van der Waals surface area (Å²) in [5.41, 5.74) is 0.690. The lowest BCUT2D eigenvalue weighted by molar-refractivity contribution is -0.145. The monoisotopic (exact) mass is 265 g/mol. The van der Waals surface area contributed by atoms with Crippen LogP contribution >= 0.6 is 0 Å². The Bertz CT molecular complexity index is 430. The second-order valence-electron chi connectivity index (χ2n) is 4.59. The van der Waals surface area contributed by atoms with E-state index in [0.29, 0.717) is 5.56 Å². The van der Waals surface area contributed by atoms with E-state index in [1.165, 1.54) is 7.11 Å². The number of carbonyl (C=O) groups excluding carboxylic acids is 1. The van der Waals surface area contributed by atoms with Gasteiger partial charge in [0.15, 0.2) is 6.10 Å². The van der Waals surface area contributed by atoms with Crippen LogP contribution in [0, 0.1) is 5.92 Å². The molecule has 1 aromatic rings. The molecule has 0 aliphatic carbocycles. The highest BCUT2D eigenvalue weighted by molar-refractivity contribution is 5.87. The SMILES string of the molecule is CO[C@H](C(=O)N[C@H](C(=O)O)C(C)C)c1ccccc1. The molecular weight excluding hydrogens is 246 g/mol. The lowest BCUT2D eigenvalue weighted by atomic mass is 10.0. The maximum absolute atomic E-state index is 12.1. The summed E-state index contributed by atoms with van der Waals surface area (Å²) in [4.78, 5) is 23.2. The summed E-state index contributed by atoms with van der Waals surface area (Å²) in [5, 5.41) is 11.6. The summed E-state index contributed by atoms with van der Waals surface area (Å²) in [6, 6.07) is 8.03. The first-order valence-electron chi connectivity index (χ1n) is 6.08. The minimum absolute atomic E-state index is 0.199. The van der Waals surface area contributed by atoms with Crippen LogP contribution < -0.4 is 5.32 Å². The van der Waals surface area contributed by atoms with Gasteiger partial charge in [-0.15, -0.1) is 0 Å². The molecule has 0 aromatic heterocycles. The molecule has 2 atom stereocenters. The average Bonchev–Trinajstić information content (AvgIpc) is 2.37. The molecule has 5 heteroatoms. The summed E-state index contributed by atoms with van der Waals surface area (Å²) >= 11 is 0. The Balaban J connectivity index is 2.83. The van der Waals surface area contributed by atoms with Crippen molar-refractivity contribution in [2.45, 2.75) is 26.0 Å². The van der Waals surface area contributed by atoms with E-state index >= 15 is 0 Å². The first kappa shape index (κ1) is 15.2. The molecule has 1 amide bonds. The van der Waals surface area contributed by atoms with E-state index in [9.17, 15) is 9.59 Å². The molecule has 104 valence electrons. The number of carboxylic acids is 1. The molecule has 0 saturated carbocycles. The zero-order valence-electron chi connectivity index (χ0n) is 11.3. The van der Waals surface area contributed by atoms with Gasteiger partial charge >= 0.3 is 5.97 Å². The van der Waals surface area contributed by atoms with Crippen molar-refractivity contribution >= 4 is 11.9 Å². The van der Waals surface area contributed by atoms with Gasteiger partial charge in [-0.05, 0) is 11.5 Å². The molecule has 2 N–H and O–H groups in total. The number of carboxylic acid groups (broad SMARTS) is 1. The Labute approximate surface area is 112 Å². The molecule has 0 heterocycles. The minimum Gasteiger partial charge on any atom is -0.480 e. The van der Waals surface area contributed by atoms with Crippen LogP contribution in [0.5, 0.6) is 0 Å². The van der Waals surface area contributed by atoms with Crippen LogP contribution in [0.2, 0.25) is 0 Å². The van der Waals surface area contributed by atoms with E-state index in [4.69, 9.17) is 9.84 Å². The number of benzene rings is 1. The maximum Gasteiger partial charge on any atom is 0.326 e. The fourth-order valence-corrected chi connectivity index (χ4v) is 1.76. The van der Waals surface area contributed by atoms with Gasteiger partial charge in [-0.3, -0.25) is 4.79 Å². The van der Waals surface area contributed by atoms with Crippen molar-refractivity contribution in [3.8, 4) is 0 Å². The topological polar surface area (TPSA) is 75.6 Å². The summed E-state index contributed by atoms with van der Waals surface area (Å²) in [7, 11) is 1.42. The number of hydrogen-bond acceptors (Lipinski definition) is 3. The number of aliphatic carboxylic acids is 1. The molecule has 0 saturated heterocycles. The molecule has 5 nitrogen and oxygen atoms in total. The van der Waals surface area contributed by atoms with E-state index in [0.717, 1.165) is 0 Å². The van der Waals surface area contributed by atoms with E-state index in [1.54, 1.807) is 38.1 Å². The molecule has 0 spiro atoms. The lowest BCUT2D eigenvalue weighted by Crippen LogP contribution is -2.46. The van der Waals surface area contributed by atoms with Crippen LogP contribution in [0.4, 0.5) is 0 Å². The number of amides is 1. The number of rotatable bonds is 6. The van der Waals surface area contributed by atoms with Crippen molar-refractivity contribution in [3.05, 3.63) is 35.9 Å². The van der Waals surface area contributed by atoms with Gasteiger partial charge in [-0.2, -0.15) is 0 Å². The quantitative estimate of drug-likeness (QED) is 0.819. The Morgan fingerprint density at radius 1 is 1.21 bits per heavy atom. The molecule has 1 aromatic carbocycles. The highest BCUT2D eigenvalue weighted by Crippen LogP contribution is 2.17. The largest absolute Gasteiger partial charge is 0.480 e. The zero-order chi connectivity index (χ0) is 14.4. The van der Waals surface area contributed by atoms with Crippen LogP contribution in [0.15, 0.2) is 30.3 Å². The average molecular weight is 265 g/mol. The van der Waals surface area contributed by atoms with Gasteiger partial charge < -0.3 is 15.2 Å². The maximum atomic E-state index is 12.1. The second-order valence-corrected chi connectivity index (χ2v) is 4.59. The number of nitrogens with one attached hydrogen (secondary N) is 1. The van der Waals surface area contributed by atoms with Gasteiger partial charge in [0.2, 0.25) is 0 Å². The standard InChI is InChI=1S/C14H19NO4/c1-9(2)11(14(17)18)15-13(16)12(19-3)10-7-5-4-6-8-10/h4-9,11-12H,1-3H3,(H,15,16)(H,17,18)/t11-,12-/m0/s1. The second kappa shape index (κ2) is 6.89.